The van der Waals surface area contributed by atoms with E-state index in [0.29, 0.717) is 5.92 Å². The highest BCUT2D eigenvalue weighted by Gasteiger charge is 2.40. The Morgan fingerprint density at radius 1 is 1.38 bits per heavy atom. The number of aliphatic hydroxyl groups is 1. The van der Waals surface area contributed by atoms with Gasteiger partial charge in [0.05, 0.1) is 5.60 Å². The van der Waals surface area contributed by atoms with Gasteiger partial charge < -0.3 is 10.0 Å². The van der Waals surface area contributed by atoms with Gasteiger partial charge in [-0.1, -0.05) is 0 Å². The van der Waals surface area contributed by atoms with Gasteiger partial charge >= 0.3 is 0 Å². The maximum Gasteiger partial charge on any atom is 0.0660 e. The molecule has 3 unspecified atom stereocenters. The molecule has 3 atom stereocenters. The average Bonchev–Trinajstić information content (AvgIpc) is 2.21. The Hall–Kier alpha value is -0.0800. The van der Waals surface area contributed by atoms with Crippen LogP contribution in [0.4, 0.5) is 0 Å². The highest BCUT2D eigenvalue weighted by molar-refractivity contribution is 4.92. The van der Waals surface area contributed by atoms with Gasteiger partial charge in [0.2, 0.25) is 0 Å². The summed E-state index contributed by atoms with van der Waals surface area (Å²) in [6.45, 7) is 4.33. The fraction of sp³-hybridized carbons (Fsp3) is 1.00. The zero-order valence-corrected chi connectivity index (χ0v) is 8.79. The topological polar surface area (TPSA) is 23.5 Å². The van der Waals surface area contributed by atoms with Crippen LogP contribution in [0.5, 0.6) is 0 Å². The van der Waals surface area contributed by atoms with E-state index in [1.54, 1.807) is 0 Å². The molecule has 2 aliphatic rings. The van der Waals surface area contributed by atoms with Gasteiger partial charge in [-0.3, -0.25) is 0 Å². The Morgan fingerprint density at radius 2 is 2.15 bits per heavy atom. The first-order chi connectivity index (χ1) is 6.08. The molecule has 2 rings (SSSR count). The fourth-order valence-corrected chi connectivity index (χ4v) is 2.88. The van der Waals surface area contributed by atoms with Crippen LogP contribution in [0.3, 0.4) is 0 Å². The Balaban J connectivity index is 2.11. The highest BCUT2D eigenvalue weighted by atomic mass is 16.3. The van der Waals surface area contributed by atoms with Crippen LogP contribution in [0, 0.1) is 11.8 Å². The molecule has 76 valence electrons. The molecule has 1 saturated carbocycles. The summed E-state index contributed by atoms with van der Waals surface area (Å²) in [4.78, 5) is 2.38. The molecule has 1 N–H and O–H groups in total. The minimum atomic E-state index is -0.394. The third kappa shape index (κ3) is 1.89. The van der Waals surface area contributed by atoms with Crippen molar-refractivity contribution in [3.8, 4) is 0 Å². The lowest BCUT2D eigenvalue weighted by Gasteiger charge is -2.39. The zero-order valence-electron chi connectivity index (χ0n) is 8.79. The third-order valence-electron chi connectivity index (χ3n) is 4.01. The molecule has 0 aromatic rings. The van der Waals surface area contributed by atoms with E-state index in [4.69, 9.17) is 0 Å². The summed E-state index contributed by atoms with van der Waals surface area (Å²) in [6, 6.07) is 0. The number of nitrogens with zero attached hydrogens (tertiary/aromatic N) is 1. The molecule has 2 nitrogen and oxygen atoms in total. The minimum Gasteiger partial charge on any atom is -0.390 e. The summed E-state index contributed by atoms with van der Waals surface area (Å²) < 4.78 is 0. The van der Waals surface area contributed by atoms with E-state index in [2.05, 4.69) is 11.9 Å². The van der Waals surface area contributed by atoms with E-state index in [9.17, 15) is 5.11 Å². The fourth-order valence-electron chi connectivity index (χ4n) is 2.88. The van der Waals surface area contributed by atoms with Crippen molar-refractivity contribution in [3.05, 3.63) is 0 Å². The van der Waals surface area contributed by atoms with Crippen LogP contribution in [-0.2, 0) is 0 Å². The first-order valence-corrected chi connectivity index (χ1v) is 5.49. The molecule has 1 heterocycles. The second-order valence-electron chi connectivity index (χ2n) is 5.25. The first kappa shape index (κ1) is 9.47. The molecule has 1 saturated heterocycles. The molecule has 13 heavy (non-hydrogen) atoms. The van der Waals surface area contributed by atoms with Crippen molar-refractivity contribution < 1.29 is 5.11 Å². The molecule has 0 aromatic carbocycles. The van der Waals surface area contributed by atoms with Crippen molar-refractivity contribution in [2.75, 3.05) is 20.1 Å². The van der Waals surface area contributed by atoms with Crippen molar-refractivity contribution in [3.63, 3.8) is 0 Å². The second-order valence-corrected chi connectivity index (χ2v) is 5.25. The molecule has 0 amide bonds. The third-order valence-corrected chi connectivity index (χ3v) is 4.01. The number of likely N-dealkylation sites (tertiary alicyclic amines) is 1. The van der Waals surface area contributed by atoms with Gasteiger partial charge in [0, 0.05) is 12.5 Å². The molecular weight excluding hydrogens is 162 g/mol. The zero-order chi connectivity index (χ0) is 9.47. The predicted octanol–water partition coefficient (Wildman–Crippen LogP) is 1.49. The molecule has 0 aromatic heterocycles. The summed E-state index contributed by atoms with van der Waals surface area (Å²) in [7, 11) is 2.18. The van der Waals surface area contributed by atoms with E-state index in [-0.39, 0.29) is 0 Å². The smallest absolute Gasteiger partial charge is 0.0660 e. The summed E-state index contributed by atoms with van der Waals surface area (Å²) >= 11 is 0. The molecule has 2 heteroatoms. The van der Waals surface area contributed by atoms with E-state index in [1.807, 2.05) is 6.92 Å². The molecule has 2 fully saturated rings. The van der Waals surface area contributed by atoms with E-state index in [1.165, 1.54) is 25.8 Å². The van der Waals surface area contributed by atoms with Crippen molar-refractivity contribution in [1.82, 2.24) is 4.90 Å². The highest BCUT2D eigenvalue weighted by Crippen LogP contribution is 2.40. The van der Waals surface area contributed by atoms with Crippen molar-refractivity contribution in [1.29, 1.82) is 0 Å². The van der Waals surface area contributed by atoms with Gasteiger partial charge in [0.1, 0.15) is 0 Å². The molecule has 0 spiro atoms. The van der Waals surface area contributed by atoms with Crippen molar-refractivity contribution >= 4 is 0 Å². The molecule has 0 radical (unpaired) electrons. The van der Waals surface area contributed by atoms with Gasteiger partial charge in [0.15, 0.2) is 0 Å². The largest absolute Gasteiger partial charge is 0.390 e. The standard InChI is InChI=1S/C11H21NO/c1-11(13)5-3-9-4-6-12(2)8-10(11)7-9/h9-10,13H,3-8H2,1-2H3. The Bertz CT molecular complexity index is 189. The summed E-state index contributed by atoms with van der Waals surface area (Å²) in [5.74, 6) is 1.40. The monoisotopic (exact) mass is 183 g/mol. The van der Waals surface area contributed by atoms with Gasteiger partial charge in [-0.05, 0) is 52.1 Å². The van der Waals surface area contributed by atoms with Gasteiger partial charge in [-0.25, -0.2) is 0 Å². The maximum absolute atomic E-state index is 10.2. The van der Waals surface area contributed by atoms with Gasteiger partial charge in [0.25, 0.3) is 0 Å². The molecule has 2 bridgehead atoms. The van der Waals surface area contributed by atoms with Crippen LogP contribution in [0.2, 0.25) is 0 Å². The van der Waals surface area contributed by atoms with Crippen molar-refractivity contribution in [2.45, 2.75) is 38.2 Å². The van der Waals surface area contributed by atoms with E-state index >= 15 is 0 Å². The van der Waals surface area contributed by atoms with Crippen molar-refractivity contribution in [2.24, 2.45) is 11.8 Å². The lowest BCUT2D eigenvalue weighted by Crippen LogP contribution is -2.43. The Labute approximate surface area is 80.9 Å². The number of rotatable bonds is 0. The minimum absolute atomic E-state index is 0.394. The normalized spacial score (nSPS) is 47.3. The average molecular weight is 183 g/mol. The van der Waals surface area contributed by atoms with Crippen LogP contribution < -0.4 is 0 Å². The summed E-state index contributed by atoms with van der Waals surface area (Å²) in [6.07, 6.45) is 4.83. The second kappa shape index (κ2) is 3.25. The Morgan fingerprint density at radius 3 is 2.92 bits per heavy atom. The van der Waals surface area contributed by atoms with Crippen LogP contribution in [0.15, 0.2) is 0 Å². The van der Waals surface area contributed by atoms with E-state index in [0.717, 1.165) is 18.9 Å². The maximum atomic E-state index is 10.2. The lowest BCUT2D eigenvalue weighted by atomic mass is 9.72. The predicted molar refractivity (Wildman–Crippen MR) is 53.6 cm³/mol. The SMILES string of the molecule is CN1CCC2CCC(C)(O)C(C2)C1. The van der Waals surface area contributed by atoms with Gasteiger partial charge in [-0.2, -0.15) is 0 Å². The molecule has 1 aliphatic heterocycles. The summed E-state index contributed by atoms with van der Waals surface area (Å²) in [5, 5.41) is 10.2. The first-order valence-electron chi connectivity index (χ1n) is 5.49. The molecular formula is C11H21NO. The quantitative estimate of drug-likeness (QED) is 0.615. The number of hydrogen-bond donors (Lipinski definition) is 1. The van der Waals surface area contributed by atoms with E-state index < -0.39 is 5.60 Å². The van der Waals surface area contributed by atoms with Gasteiger partial charge in [-0.15, -0.1) is 0 Å². The Kier molecular flexibility index (Phi) is 2.37. The number of hydrogen-bond acceptors (Lipinski definition) is 2. The molecule has 1 aliphatic carbocycles. The van der Waals surface area contributed by atoms with Crippen LogP contribution in [0.25, 0.3) is 0 Å². The number of fused-ring (bicyclic) bond motifs is 2. The van der Waals surface area contributed by atoms with Crippen LogP contribution in [-0.4, -0.2) is 35.7 Å². The lowest BCUT2D eigenvalue weighted by molar-refractivity contribution is -0.0466. The van der Waals surface area contributed by atoms with Crippen LogP contribution >= 0.6 is 0 Å². The van der Waals surface area contributed by atoms with Crippen LogP contribution in [0.1, 0.15) is 32.6 Å². The summed E-state index contributed by atoms with van der Waals surface area (Å²) in [5.41, 5.74) is -0.394.